The van der Waals surface area contributed by atoms with Gasteiger partial charge >= 0.3 is 6.18 Å². The number of nitrogens with one attached hydrogen (secondary N) is 2. The number of nitrogens with zero attached hydrogens (tertiary/aromatic N) is 1. The standard InChI is InChI=1S/C13H14F3N3/c14-13(15,16)8-12(10-4-2-1-3-5-10)17-9-11-6-7-18-19-11/h1-7,12,17H,8-9H2,(H,18,19). The lowest BCUT2D eigenvalue weighted by molar-refractivity contribution is -0.140. The van der Waals surface area contributed by atoms with Gasteiger partial charge in [0, 0.05) is 24.5 Å². The minimum absolute atomic E-state index is 0.315. The molecule has 0 saturated carbocycles. The Balaban J connectivity index is 2.06. The van der Waals surface area contributed by atoms with Gasteiger partial charge < -0.3 is 5.32 Å². The molecule has 1 aromatic carbocycles. The van der Waals surface area contributed by atoms with Crippen LogP contribution in [0.1, 0.15) is 23.7 Å². The molecule has 1 unspecified atom stereocenters. The predicted molar refractivity (Wildman–Crippen MR) is 65.3 cm³/mol. The van der Waals surface area contributed by atoms with Crippen molar-refractivity contribution >= 4 is 0 Å². The van der Waals surface area contributed by atoms with Gasteiger partial charge in [-0.25, -0.2) is 0 Å². The highest BCUT2D eigenvalue weighted by Gasteiger charge is 2.32. The zero-order valence-electron chi connectivity index (χ0n) is 10.1. The third-order valence-corrected chi connectivity index (χ3v) is 2.73. The summed E-state index contributed by atoms with van der Waals surface area (Å²) in [4.78, 5) is 0. The molecule has 0 aliphatic heterocycles. The molecule has 0 spiro atoms. The van der Waals surface area contributed by atoms with E-state index in [0.29, 0.717) is 12.1 Å². The van der Waals surface area contributed by atoms with E-state index >= 15 is 0 Å². The van der Waals surface area contributed by atoms with Gasteiger partial charge in [-0.15, -0.1) is 0 Å². The smallest absolute Gasteiger partial charge is 0.304 e. The van der Waals surface area contributed by atoms with Gasteiger partial charge in [-0.3, -0.25) is 5.10 Å². The molecule has 0 aliphatic carbocycles. The number of H-pyrrole nitrogens is 1. The molecule has 0 fully saturated rings. The summed E-state index contributed by atoms with van der Waals surface area (Å²) in [6, 6.07) is 9.59. The average Bonchev–Trinajstić information content (AvgIpc) is 2.87. The fourth-order valence-corrected chi connectivity index (χ4v) is 1.84. The Hall–Kier alpha value is -1.82. The van der Waals surface area contributed by atoms with Crippen LogP contribution in [0.3, 0.4) is 0 Å². The molecule has 2 N–H and O–H groups in total. The first-order valence-electron chi connectivity index (χ1n) is 5.88. The van der Waals surface area contributed by atoms with Crippen LogP contribution in [0.5, 0.6) is 0 Å². The predicted octanol–water partition coefficient (Wildman–Crippen LogP) is 3.19. The van der Waals surface area contributed by atoms with E-state index in [2.05, 4.69) is 15.5 Å². The number of hydrogen-bond acceptors (Lipinski definition) is 2. The van der Waals surface area contributed by atoms with Crippen molar-refractivity contribution in [3.8, 4) is 0 Å². The highest BCUT2D eigenvalue weighted by molar-refractivity contribution is 5.19. The van der Waals surface area contributed by atoms with E-state index in [1.165, 1.54) is 0 Å². The van der Waals surface area contributed by atoms with E-state index in [1.54, 1.807) is 42.6 Å². The fourth-order valence-electron chi connectivity index (χ4n) is 1.84. The summed E-state index contributed by atoms with van der Waals surface area (Å²) in [5, 5.41) is 9.38. The highest BCUT2D eigenvalue weighted by Crippen LogP contribution is 2.29. The summed E-state index contributed by atoms with van der Waals surface area (Å²) in [6.45, 7) is 0.315. The Morgan fingerprint density at radius 1 is 1.16 bits per heavy atom. The molecular formula is C13H14F3N3. The number of benzene rings is 1. The lowest BCUT2D eigenvalue weighted by Gasteiger charge is -2.20. The molecule has 0 bridgehead atoms. The van der Waals surface area contributed by atoms with Crippen LogP contribution in [-0.2, 0) is 6.54 Å². The van der Waals surface area contributed by atoms with E-state index in [-0.39, 0.29) is 0 Å². The lowest BCUT2D eigenvalue weighted by atomic mass is 10.0. The molecule has 0 radical (unpaired) electrons. The Morgan fingerprint density at radius 2 is 1.89 bits per heavy atom. The molecule has 1 aromatic heterocycles. The number of aromatic amines is 1. The third-order valence-electron chi connectivity index (χ3n) is 2.73. The second-order valence-electron chi connectivity index (χ2n) is 4.25. The van der Waals surface area contributed by atoms with Crippen LogP contribution in [0.4, 0.5) is 13.2 Å². The monoisotopic (exact) mass is 269 g/mol. The van der Waals surface area contributed by atoms with E-state index < -0.39 is 18.6 Å². The van der Waals surface area contributed by atoms with Crippen molar-refractivity contribution in [2.75, 3.05) is 0 Å². The highest BCUT2D eigenvalue weighted by atomic mass is 19.4. The molecule has 19 heavy (non-hydrogen) atoms. The molecule has 0 aliphatic rings. The summed E-state index contributed by atoms with van der Waals surface area (Å²) in [5.41, 5.74) is 1.38. The van der Waals surface area contributed by atoms with Gasteiger partial charge in [0.05, 0.1) is 6.42 Å². The number of rotatable bonds is 5. The molecule has 0 saturated heterocycles. The quantitative estimate of drug-likeness (QED) is 0.875. The molecule has 102 valence electrons. The van der Waals surface area contributed by atoms with Crippen molar-refractivity contribution < 1.29 is 13.2 Å². The van der Waals surface area contributed by atoms with E-state index in [1.807, 2.05) is 0 Å². The van der Waals surface area contributed by atoms with Crippen molar-refractivity contribution in [2.45, 2.75) is 25.2 Å². The van der Waals surface area contributed by atoms with Crippen molar-refractivity contribution in [2.24, 2.45) is 0 Å². The maximum absolute atomic E-state index is 12.6. The summed E-state index contributed by atoms with van der Waals surface area (Å²) >= 11 is 0. The SMILES string of the molecule is FC(F)(F)CC(NCc1ccn[nH]1)c1ccccc1. The Kier molecular flexibility index (Phi) is 4.21. The van der Waals surface area contributed by atoms with Gasteiger partial charge in [0.15, 0.2) is 0 Å². The van der Waals surface area contributed by atoms with Gasteiger partial charge in [-0.2, -0.15) is 18.3 Å². The molecule has 3 nitrogen and oxygen atoms in total. The molecule has 0 amide bonds. The number of halogens is 3. The summed E-state index contributed by atoms with van der Waals surface area (Å²) in [6.07, 6.45) is -3.54. The first-order chi connectivity index (χ1) is 9.04. The molecule has 2 aromatic rings. The van der Waals surface area contributed by atoms with Crippen LogP contribution in [-0.4, -0.2) is 16.4 Å². The minimum atomic E-state index is -4.21. The fraction of sp³-hybridized carbons (Fsp3) is 0.308. The molecule has 1 atom stereocenters. The largest absolute Gasteiger partial charge is 0.390 e. The van der Waals surface area contributed by atoms with Crippen LogP contribution in [0.25, 0.3) is 0 Å². The Labute approximate surface area is 108 Å². The second-order valence-corrected chi connectivity index (χ2v) is 4.25. The van der Waals surface area contributed by atoms with Crippen molar-refractivity contribution in [1.82, 2.24) is 15.5 Å². The first kappa shape index (κ1) is 13.6. The van der Waals surface area contributed by atoms with Crippen LogP contribution in [0.15, 0.2) is 42.6 Å². The van der Waals surface area contributed by atoms with Gasteiger partial charge in [-0.1, -0.05) is 30.3 Å². The van der Waals surface area contributed by atoms with E-state index in [0.717, 1.165) is 5.69 Å². The lowest BCUT2D eigenvalue weighted by Crippen LogP contribution is -2.26. The number of hydrogen-bond donors (Lipinski definition) is 2. The first-order valence-corrected chi connectivity index (χ1v) is 5.88. The molecule has 2 rings (SSSR count). The van der Waals surface area contributed by atoms with Crippen LogP contribution < -0.4 is 5.32 Å². The normalized spacial score (nSPS) is 13.4. The average molecular weight is 269 g/mol. The summed E-state index contributed by atoms with van der Waals surface area (Å²) < 4.78 is 37.8. The maximum Gasteiger partial charge on any atom is 0.390 e. The minimum Gasteiger partial charge on any atom is -0.304 e. The van der Waals surface area contributed by atoms with Gasteiger partial charge in [0.2, 0.25) is 0 Å². The Bertz CT molecular complexity index is 480. The zero-order chi connectivity index (χ0) is 13.7. The molecule has 1 heterocycles. The summed E-state index contributed by atoms with van der Waals surface area (Å²) in [5.74, 6) is 0. The van der Waals surface area contributed by atoms with Gasteiger partial charge in [0.1, 0.15) is 0 Å². The second kappa shape index (κ2) is 5.88. The number of aromatic nitrogens is 2. The topological polar surface area (TPSA) is 40.7 Å². The molecule has 6 heteroatoms. The maximum atomic E-state index is 12.6. The summed E-state index contributed by atoms with van der Waals surface area (Å²) in [7, 11) is 0. The van der Waals surface area contributed by atoms with E-state index in [9.17, 15) is 13.2 Å². The van der Waals surface area contributed by atoms with Crippen molar-refractivity contribution in [1.29, 1.82) is 0 Å². The Morgan fingerprint density at radius 3 is 2.47 bits per heavy atom. The van der Waals surface area contributed by atoms with Crippen LogP contribution in [0.2, 0.25) is 0 Å². The van der Waals surface area contributed by atoms with Crippen molar-refractivity contribution in [3.05, 3.63) is 53.9 Å². The van der Waals surface area contributed by atoms with E-state index in [4.69, 9.17) is 0 Å². The van der Waals surface area contributed by atoms with Gasteiger partial charge in [0.25, 0.3) is 0 Å². The zero-order valence-corrected chi connectivity index (χ0v) is 10.1. The van der Waals surface area contributed by atoms with Gasteiger partial charge in [-0.05, 0) is 11.6 Å². The number of alkyl halides is 3. The van der Waals surface area contributed by atoms with Crippen molar-refractivity contribution in [3.63, 3.8) is 0 Å². The van der Waals surface area contributed by atoms with Crippen LogP contribution in [0, 0.1) is 0 Å². The third kappa shape index (κ3) is 4.40. The van der Waals surface area contributed by atoms with Crippen LogP contribution >= 0.6 is 0 Å². The molecular weight excluding hydrogens is 255 g/mol.